The Kier molecular flexibility index (Phi) is 4.07. The fourth-order valence-electron chi connectivity index (χ4n) is 3.79. The minimum absolute atomic E-state index is 0.191. The van der Waals surface area contributed by atoms with E-state index in [2.05, 4.69) is 16.9 Å². The van der Waals surface area contributed by atoms with Gasteiger partial charge < -0.3 is 15.3 Å². The Hall–Kier alpha value is -2.37. The van der Waals surface area contributed by atoms with E-state index in [1.165, 1.54) is 6.20 Å². The predicted octanol–water partition coefficient (Wildman–Crippen LogP) is 1.69. The second-order valence-corrected chi connectivity index (χ2v) is 6.33. The molecule has 6 heteroatoms. The normalized spacial score (nSPS) is 25.9. The summed E-state index contributed by atoms with van der Waals surface area (Å²) in [4.78, 5) is 29.9. The van der Waals surface area contributed by atoms with Crippen LogP contribution in [0.1, 0.15) is 29.6 Å². The molecule has 0 bridgehead atoms. The van der Waals surface area contributed by atoms with Crippen LogP contribution in [0.2, 0.25) is 0 Å². The van der Waals surface area contributed by atoms with Gasteiger partial charge in [0.25, 0.3) is 5.91 Å². The average Bonchev–Trinajstić information content (AvgIpc) is 3.11. The molecule has 1 amide bonds. The van der Waals surface area contributed by atoms with Gasteiger partial charge in [-0.15, -0.1) is 6.58 Å². The second-order valence-electron chi connectivity index (χ2n) is 6.33. The van der Waals surface area contributed by atoms with E-state index in [4.69, 9.17) is 0 Å². The molecule has 2 aliphatic rings. The van der Waals surface area contributed by atoms with Crippen LogP contribution < -0.4 is 10.2 Å². The van der Waals surface area contributed by atoms with Crippen LogP contribution in [0.5, 0.6) is 0 Å². The summed E-state index contributed by atoms with van der Waals surface area (Å²) in [6, 6.07) is 3.52. The molecule has 2 N–H and O–H groups in total. The predicted molar refractivity (Wildman–Crippen MR) is 86.4 cm³/mol. The van der Waals surface area contributed by atoms with Crippen molar-refractivity contribution in [2.75, 3.05) is 24.5 Å². The maximum atomic E-state index is 11.8. The standard InChI is InChI=1S/C17H21N3O3/c1-2-8-18-15(21)12-5-6-14(19-9-12)20-10-13-4-3-7-17(13,11-20)16(22)23/h2,5-6,9,13H,1,3-4,7-8,10-11H2,(H,18,21)(H,22,23)/t13-,17+/m0/s1. The van der Waals surface area contributed by atoms with Crippen molar-refractivity contribution in [3.8, 4) is 0 Å². The number of anilines is 1. The van der Waals surface area contributed by atoms with Crippen LogP contribution in [0.25, 0.3) is 0 Å². The molecular formula is C17H21N3O3. The summed E-state index contributed by atoms with van der Waals surface area (Å²) in [6.45, 7) is 5.19. The number of nitrogens with one attached hydrogen (secondary N) is 1. The molecule has 2 heterocycles. The molecule has 2 atom stereocenters. The number of hydrogen-bond acceptors (Lipinski definition) is 4. The lowest BCUT2D eigenvalue weighted by atomic mass is 9.81. The van der Waals surface area contributed by atoms with Gasteiger partial charge in [0.2, 0.25) is 0 Å². The lowest BCUT2D eigenvalue weighted by Gasteiger charge is -2.23. The van der Waals surface area contributed by atoms with Crippen molar-refractivity contribution in [2.45, 2.75) is 19.3 Å². The average molecular weight is 315 g/mol. The SMILES string of the molecule is C=CCNC(=O)c1ccc(N2C[C@@H]3CCC[C@@]3(C(=O)O)C2)nc1. The Morgan fingerprint density at radius 1 is 1.52 bits per heavy atom. The number of aliphatic carboxylic acids is 1. The summed E-state index contributed by atoms with van der Waals surface area (Å²) in [6.07, 6.45) is 5.85. The van der Waals surface area contributed by atoms with E-state index in [9.17, 15) is 14.7 Å². The maximum absolute atomic E-state index is 11.8. The highest BCUT2D eigenvalue weighted by atomic mass is 16.4. The minimum Gasteiger partial charge on any atom is -0.481 e. The number of fused-ring (bicyclic) bond motifs is 1. The molecule has 1 aliphatic carbocycles. The number of carboxylic acid groups (broad SMARTS) is 1. The van der Waals surface area contributed by atoms with Crippen LogP contribution in [0, 0.1) is 11.3 Å². The van der Waals surface area contributed by atoms with Crippen LogP contribution in [0.15, 0.2) is 31.0 Å². The lowest BCUT2D eigenvalue weighted by Crippen LogP contribution is -2.35. The van der Waals surface area contributed by atoms with Crippen molar-refractivity contribution in [3.63, 3.8) is 0 Å². The molecular weight excluding hydrogens is 294 g/mol. The molecule has 0 radical (unpaired) electrons. The number of aromatic nitrogens is 1. The first-order valence-electron chi connectivity index (χ1n) is 7.90. The number of carbonyl (C=O) groups excluding carboxylic acids is 1. The third kappa shape index (κ3) is 2.69. The molecule has 1 aliphatic heterocycles. The van der Waals surface area contributed by atoms with Crippen molar-refractivity contribution in [1.82, 2.24) is 10.3 Å². The number of pyridine rings is 1. The summed E-state index contributed by atoms with van der Waals surface area (Å²) in [5, 5.41) is 12.3. The Morgan fingerprint density at radius 3 is 2.96 bits per heavy atom. The first-order chi connectivity index (χ1) is 11.1. The Morgan fingerprint density at radius 2 is 2.35 bits per heavy atom. The van der Waals surface area contributed by atoms with Crippen LogP contribution in [0.3, 0.4) is 0 Å². The number of carbonyl (C=O) groups is 2. The molecule has 3 rings (SSSR count). The third-order valence-electron chi connectivity index (χ3n) is 5.04. The number of carboxylic acids is 1. The van der Waals surface area contributed by atoms with Crippen molar-refractivity contribution in [1.29, 1.82) is 0 Å². The van der Waals surface area contributed by atoms with Gasteiger partial charge in [0.15, 0.2) is 0 Å². The molecule has 122 valence electrons. The number of rotatable bonds is 5. The smallest absolute Gasteiger partial charge is 0.311 e. The van der Waals surface area contributed by atoms with Gasteiger partial charge in [-0.1, -0.05) is 12.5 Å². The number of hydrogen-bond donors (Lipinski definition) is 2. The first kappa shape index (κ1) is 15.5. The van der Waals surface area contributed by atoms with Crippen molar-refractivity contribution < 1.29 is 14.7 Å². The Labute approximate surface area is 135 Å². The van der Waals surface area contributed by atoms with Gasteiger partial charge in [-0.05, 0) is 30.9 Å². The number of nitrogens with zero attached hydrogens (tertiary/aromatic N) is 2. The topological polar surface area (TPSA) is 82.5 Å². The van der Waals surface area contributed by atoms with Crippen LogP contribution in [-0.4, -0.2) is 41.6 Å². The molecule has 0 spiro atoms. The van der Waals surface area contributed by atoms with Crippen LogP contribution in [0.4, 0.5) is 5.82 Å². The van der Waals surface area contributed by atoms with E-state index < -0.39 is 11.4 Å². The molecule has 0 aromatic carbocycles. The van der Waals surface area contributed by atoms with Gasteiger partial charge >= 0.3 is 5.97 Å². The van der Waals surface area contributed by atoms with Crippen LogP contribution in [-0.2, 0) is 4.79 Å². The molecule has 2 fully saturated rings. The van der Waals surface area contributed by atoms with E-state index in [0.29, 0.717) is 18.7 Å². The zero-order valence-corrected chi connectivity index (χ0v) is 13.0. The fourth-order valence-corrected chi connectivity index (χ4v) is 3.79. The summed E-state index contributed by atoms with van der Waals surface area (Å²) in [5.74, 6) is 0.0461. The number of amides is 1. The van der Waals surface area contributed by atoms with E-state index in [1.54, 1.807) is 18.2 Å². The third-order valence-corrected chi connectivity index (χ3v) is 5.04. The van der Waals surface area contributed by atoms with Gasteiger partial charge in [0.1, 0.15) is 5.82 Å². The van der Waals surface area contributed by atoms with E-state index in [1.807, 2.05) is 4.90 Å². The lowest BCUT2D eigenvalue weighted by molar-refractivity contribution is -0.149. The highest BCUT2D eigenvalue weighted by molar-refractivity contribution is 5.94. The molecule has 1 saturated heterocycles. The summed E-state index contributed by atoms with van der Waals surface area (Å²) in [7, 11) is 0. The fraction of sp³-hybridized carbons (Fsp3) is 0.471. The molecule has 1 aromatic rings. The molecule has 1 saturated carbocycles. The monoisotopic (exact) mass is 315 g/mol. The molecule has 0 unspecified atom stereocenters. The van der Waals surface area contributed by atoms with Crippen molar-refractivity contribution in [2.24, 2.45) is 11.3 Å². The van der Waals surface area contributed by atoms with Gasteiger partial charge in [-0.2, -0.15) is 0 Å². The molecule has 1 aromatic heterocycles. The first-order valence-corrected chi connectivity index (χ1v) is 7.90. The highest BCUT2D eigenvalue weighted by Crippen LogP contribution is 2.49. The molecule has 6 nitrogen and oxygen atoms in total. The second kappa shape index (κ2) is 6.02. The van der Waals surface area contributed by atoms with Crippen LogP contribution >= 0.6 is 0 Å². The zero-order chi connectivity index (χ0) is 16.4. The largest absolute Gasteiger partial charge is 0.481 e. The molecule has 23 heavy (non-hydrogen) atoms. The minimum atomic E-state index is -0.692. The van der Waals surface area contributed by atoms with E-state index in [0.717, 1.165) is 31.6 Å². The summed E-state index contributed by atoms with van der Waals surface area (Å²) >= 11 is 0. The highest BCUT2D eigenvalue weighted by Gasteiger charge is 2.55. The van der Waals surface area contributed by atoms with Crippen molar-refractivity contribution >= 4 is 17.7 Å². The van der Waals surface area contributed by atoms with Gasteiger partial charge in [0, 0.05) is 25.8 Å². The summed E-state index contributed by atoms with van der Waals surface area (Å²) in [5.41, 5.74) is -0.134. The Bertz CT molecular complexity index is 628. The quantitative estimate of drug-likeness (QED) is 0.808. The van der Waals surface area contributed by atoms with Gasteiger partial charge in [0.05, 0.1) is 11.0 Å². The summed E-state index contributed by atoms with van der Waals surface area (Å²) < 4.78 is 0. The maximum Gasteiger partial charge on any atom is 0.311 e. The Balaban J connectivity index is 1.73. The zero-order valence-electron chi connectivity index (χ0n) is 13.0. The van der Waals surface area contributed by atoms with Crippen molar-refractivity contribution in [3.05, 3.63) is 36.5 Å². The van der Waals surface area contributed by atoms with E-state index >= 15 is 0 Å². The van der Waals surface area contributed by atoms with Gasteiger partial charge in [-0.3, -0.25) is 9.59 Å². The van der Waals surface area contributed by atoms with E-state index in [-0.39, 0.29) is 11.8 Å². The van der Waals surface area contributed by atoms with Gasteiger partial charge in [-0.25, -0.2) is 4.98 Å².